The summed E-state index contributed by atoms with van der Waals surface area (Å²) in [4.78, 5) is 29.0. The van der Waals surface area contributed by atoms with Gasteiger partial charge in [0.1, 0.15) is 5.75 Å². The van der Waals surface area contributed by atoms with Crippen molar-refractivity contribution in [3.8, 4) is 5.75 Å². The topological polar surface area (TPSA) is 89.5 Å². The Morgan fingerprint density at radius 3 is 2.66 bits per heavy atom. The van der Waals surface area contributed by atoms with Crippen molar-refractivity contribution in [1.82, 2.24) is 10.3 Å². The summed E-state index contributed by atoms with van der Waals surface area (Å²) in [7, 11) is 0. The van der Waals surface area contributed by atoms with Crippen LogP contribution in [0.4, 0.5) is 5.13 Å². The third-order valence-corrected chi connectivity index (χ3v) is 5.73. The molecule has 0 unspecified atom stereocenters. The van der Waals surface area contributed by atoms with E-state index in [2.05, 4.69) is 15.6 Å². The molecular formula is C22H22ClN3O4S2. The van der Waals surface area contributed by atoms with Crippen LogP contribution in [0.2, 0.25) is 5.02 Å². The number of hydrogen-bond donors (Lipinski definition) is 2. The van der Waals surface area contributed by atoms with E-state index < -0.39 is 5.91 Å². The monoisotopic (exact) mass is 491 g/mol. The van der Waals surface area contributed by atoms with E-state index in [0.717, 1.165) is 17.5 Å². The average Bonchev–Trinajstić information content (AvgIpc) is 3.16. The van der Waals surface area contributed by atoms with Gasteiger partial charge in [-0.15, -0.1) is 0 Å². The number of halogens is 1. The number of fused-ring (bicyclic) bond motifs is 1. The fraction of sp³-hybridized carbons (Fsp3) is 0.273. The molecule has 0 aliphatic rings. The van der Waals surface area contributed by atoms with Gasteiger partial charge in [0.05, 0.1) is 34.0 Å². The second-order valence-corrected chi connectivity index (χ2v) is 8.52. The number of rotatable bonds is 8. The average molecular weight is 492 g/mol. The van der Waals surface area contributed by atoms with Crippen LogP contribution >= 0.6 is 35.2 Å². The van der Waals surface area contributed by atoms with Crippen molar-refractivity contribution >= 4 is 67.5 Å². The van der Waals surface area contributed by atoms with Gasteiger partial charge < -0.3 is 14.8 Å². The van der Waals surface area contributed by atoms with E-state index >= 15 is 0 Å². The first-order chi connectivity index (χ1) is 15.4. The molecule has 0 fully saturated rings. The van der Waals surface area contributed by atoms with Gasteiger partial charge in [0, 0.05) is 5.56 Å². The van der Waals surface area contributed by atoms with Crippen LogP contribution in [0.1, 0.15) is 47.4 Å². The van der Waals surface area contributed by atoms with Crippen LogP contribution in [-0.2, 0) is 4.74 Å². The standard InChI is InChI=1S/C22H22ClN3O4S2/c1-3-5-10-30-20(28)14-6-8-16-18(12-14)32-22(24-16)26-21(31)25-19(27)13-7-9-17(29-4-2)15(23)11-13/h6-9,11-12H,3-5,10H2,1-2H3,(H2,24,25,26,27,31). The Bertz CT molecular complexity index is 1150. The number of ether oxygens (including phenoxy) is 2. The molecule has 0 spiro atoms. The number of thiocarbonyl (C=S) groups is 1. The molecule has 10 heteroatoms. The quantitative estimate of drug-likeness (QED) is 0.246. The Hall–Kier alpha value is -2.75. The second-order valence-electron chi connectivity index (χ2n) is 6.68. The highest BCUT2D eigenvalue weighted by molar-refractivity contribution is 7.80. The van der Waals surface area contributed by atoms with Crippen molar-refractivity contribution in [2.75, 3.05) is 18.5 Å². The zero-order valence-corrected chi connectivity index (χ0v) is 20.0. The van der Waals surface area contributed by atoms with Gasteiger partial charge in [-0.25, -0.2) is 9.78 Å². The molecule has 2 N–H and O–H groups in total. The molecule has 1 heterocycles. The molecule has 0 aliphatic carbocycles. The van der Waals surface area contributed by atoms with Gasteiger partial charge >= 0.3 is 5.97 Å². The van der Waals surface area contributed by atoms with Gasteiger partial charge in [-0.2, -0.15) is 0 Å². The lowest BCUT2D eigenvalue weighted by atomic mass is 10.2. The van der Waals surface area contributed by atoms with Crippen LogP contribution in [0.15, 0.2) is 36.4 Å². The number of nitrogens with one attached hydrogen (secondary N) is 2. The third-order valence-electron chi connectivity index (χ3n) is 4.30. The minimum atomic E-state index is -0.411. The first-order valence-corrected chi connectivity index (χ1v) is 11.6. The largest absolute Gasteiger partial charge is 0.492 e. The number of amides is 1. The van der Waals surface area contributed by atoms with Gasteiger partial charge in [-0.3, -0.25) is 10.1 Å². The zero-order chi connectivity index (χ0) is 23.1. The number of hydrogen-bond acceptors (Lipinski definition) is 7. The Kier molecular flexibility index (Phi) is 8.38. The maximum absolute atomic E-state index is 12.5. The van der Waals surface area contributed by atoms with E-state index in [1.54, 1.807) is 30.3 Å². The molecule has 2 aromatic carbocycles. The van der Waals surface area contributed by atoms with Crippen LogP contribution in [0.5, 0.6) is 5.75 Å². The SMILES string of the molecule is CCCCOC(=O)c1ccc2nc(NC(=S)NC(=O)c3ccc(OCC)c(Cl)c3)sc2c1. The number of carbonyl (C=O) groups is 2. The molecule has 0 radical (unpaired) electrons. The summed E-state index contributed by atoms with van der Waals surface area (Å²) in [5, 5.41) is 6.43. The van der Waals surface area contributed by atoms with Crippen molar-refractivity contribution in [2.45, 2.75) is 26.7 Å². The van der Waals surface area contributed by atoms with Crippen molar-refractivity contribution < 1.29 is 19.1 Å². The normalized spacial score (nSPS) is 10.6. The number of nitrogens with zero attached hydrogens (tertiary/aromatic N) is 1. The van der Waals surface area contributed by atoms with E-state index in [1.165, 1.54) is 17.4 Å². The fourth-order valence-corrected chi connectivity index (χ4v) is 4.11. The molecule has 0 saturated heterocycles. The highest BCUT2D eigenvalue weighted by atomic mass is 35.5. The summed E-state index contributed by atoms with van der Waals surface area (Å²) >= 11 is 12.7. The highest BCUT2D eigenvalue weighted by Crippen LogP contribution is 2.27. The van der Waals surface area contributed by atoms with Crippen molar-refractivity contribution in [3.63, 3.8) is 0 Å². The lowest BCUT2D eigenvalue weighted by Gasteiger charge is -2.09. The second kappa shape index (κ2) is 11.2. The molecule has 32 heavy (non-hydrogen) atoms. The minimum Gasteiger partial charge on any atom is -0.492 e. The van der Waals surface area contributed by atoms with Crippen molar-refractivity contribution in [1.29, 1.82) is 0 Å². The van der Waals surface area contributed by atoms with Gasteiger partial charge in [-0.05, 0) is 62.0 Å². The van der Waals surface area contributed by atoms with Gasteiger partial charge in [0.25, 0.3) is 5.91 Å². The summed E-state index contributed by atoms with van der Waals surface area (Å²) in [6.07, 6.45) is 1.78. The van der Waals surface area contributed by atoms with Crippen molar-refractivity contribution in [3.05, 3.63) is 52.5 Å². The Morgan fingerprint density at radius 1 is 1.16 bits per heavy atom. The van der Waals surface area contributed by atoms with E-state index in [-0.39, 0.29) is 11.1 Å². The van der Waals surface area contributed by atoms with E-state index in [1.807, 2.05) is 13.8 Å². The summed E-state index contributed by atoms with van der Waals surface area (Å²) in [5.41, 5.74) is 1.51. The van der Waals surface area contributed by atoms with Crippen LogP contribution < -0.4 is 15.4 Å². The maximum Gasteiger partial charge on any atom is 0.338 e. The van der Waals surface area contributed by atoms with E-state index in [4.69, 9.17) is 33.3 Å². The minimum absolute atomic E-state index is 0.0956. The zero-order valence-electron chi connectivity index (χ0n) is 17.6. The number of unbranched alkanes of at least 4 members (excludes halogenated alkanes) is 1. The smallest absolute Gasteiger partial charge is 0.338 e. The predicted octanol–water partition coefficient (Wildman–Crippen LogP) is 5.43. The number of anilines is 1. The van der Waals surface area contributed by atoms with Crippen molar-refractivity contribution in [2.24, 2.45) is 0 Å². The molecule has 0 saturated carbocycles. The lowest BCUT2D eigenvalue weighted by Crippen LogP contribution is -2.34. The summed E-state index contributed by atoms with van der Waals surface area (Å²) in [6, 6.07) is 9.91. The first kappa shape index (κ1) is 23.9. The summed E-state index contributed by atoms with van der Waals surface area (Å²) in [5.74, 6) is -0.264. The lowest BCUT2D eigenvalue weighted by molar-refractivity contribution is 0.0500. The number of benzene rings is 2. The number of carbonyl (C=O) groups excluding carboxylic acids is 2. The molecule has 0 aliphatic heterocycles. The number of aromatic nitrogens is 1. The molecule has 7 nitrogen and oxygen atoms in total. The molecule has 1 aromatic heterocycles. The third kappa shape index (κ3) is 6.15. The van der Waals surface area contributed by atoms with Gasteiger partial charge in [0.2, 0.25) is 0 Å². The molecule has 0 bridgehead atoms. The van der Waals surface area contributed by atoms with E-state index in [9.17, 15) is 9.59 Å². The molecule has 0 atom stereocenters. The summed E-state index contributed by atoms with van der Waals surface area (Å²) < 4.78 is 11.4. The summed E-state index contributed by atoms with van der Waals surface area (Å²) in [6.45, 7) is 4.76. The molecule has 3 aromatic rings. The van der Waals surface area contributed by atoms with Crippen LogP contribution in [0.3, 0.4) is 0 Å². The van der Waals surface area contributed by atoms with Gasteiger partial charge in [0.15, 0.2) is 10.2 Å². The predicted molar refractivity (Wildman–Crippen MR) is 131 cm³/mol. The van der Waals surface area contributed by atoms with Crippen LogP contribution in [-0.4, -0.2) is 35.2 Å². The Morgan fingerprint density at radius 2 is 1.94 bits per heavy atom. The van der Waals surface area contributed by atoms with Crippen LogP contribution in [0.25, 0.3) is 10.2 Å². The van der Waals surface area contributed by atoms with E-state index in [0.29, 0.717) is 45.8 Å². The molecular weight excluding hydrogens is 470 g/mol. The molecule has 3 rings (SSSR count). The molecule has 168 valence electrons. The number of thiazole rings is 1. The maximum atomic E-state index is 12.5. The Labute approximate surface area is 200 Å². The molecule has 1 amide bonds. The Balaban J connectivity index is 1.63. The fourth-order valence-electron chi connectivity index (χ4n) is 2.72. The first-order valence-electron chi connectivity index (χ1n) is 10.0. The number of esters is 1. The van der Waals surface area contributed by atoms with Gasteiger partial charge in [-0.1, -0.05) is 36.3 Å². The van der Waals surface area contributed by atoms with Crippen LogP contribution in [0, 0.1) is 0 Å². The highest BCUT2D eigenvalue weighted by Gasteiger charge is 2.14.